The summed E-state index contributed by atoms with van der Waals surface area (Å²) in [4.78, 5) is 27.7. The van der Waals surface area contributed by atoms with E-state index < -0.39 is 17.4 Å². The first-order chi connectivity index (χ1) is 18.6. The first-order valence-corrected chi connectivity index (χ1v) is 12.4. The van der Waals surface area contributed by atoms with Gasteiger partial charge in [-0.3, -0.25) is 4.79 Å². The Morgan fingerprint density at radius 3 is 2.21 bits per heavy atom. The Hall–Kier alpha value is -4.84. The number of amides is 1. The topological polar surface area (TPSA) is 73.9 Å². The lowest BCUT2D eigenvalue weighted by Crippen LogP contribution is -2.61. The van der Waals surface area contributed by atoms with Gasteiger partial charge in [-0.15, -0.1) is 0 Å². The van der Waals surface area contributed by atoms with Crippen LogP contribution in [0.3, 0.4) is 0 Å². The molecule has 6 rings (SSSR count). The molecule has 38 heavy (non-hydrogen) atoms. The van der Waals surface area contributed by atoms with Gasteiger partial charge in [0.15, 0.2) is 17.0 Å². The number of rotatable bonds is 6. The van der Waals surface area contributed by atoms with E-state index >= 15 is 0 Å². The van der Waals surface area contributed by atoms with Gasteiger partial charge in [0.2, 0.25) is 6.79 Å². The van der Waals surface area contributed by atoms with Crippen molar-refractivity contribution < 1.29 is 23.8 Å². The minimum absolute atomic E-state index is 0.149. The molecule has 0 saturated heterocycles. The zero-order chi connectivity index (χ0) is 26.0. The van der Waals surface area contributed by atoms with E-state index in [1.807, 2.05) is 78.9 Å². The Labute approximate surface area is 220 Å². The maximum Gasteiger partial charge on any atom is 0.338 e. The molecular formula is C32H25NO5. The van der Waals surface area contributed by atoms with Crippen LogP contribution < -0.4 is 14.8 Å². The third kappa shape index (κ3) is 4.41. The molecular weight excluding hydrogens is 478 g/mol. The largest absolute Gasteiger partial charge is 0.454 e. The molecule has 1 N–H and O–H groups in total. The second kappa shape index (κ2) is 9.90. The van der Waals surface area contributed by atoms with Gasteiger partial charge in [0, 0.05) is 23.5 Å². The van der Waals surface area contributed by atoms with Crippen molar-refractivity contribution in [2.24, 2.45) is 0 Å². The van der Waals surface area contributed by atoms with Gasteiger partial charge in [0.05, 0.1) is 0 Å². The number of nitrogens with one attached hydrogen (secondary N) is 1. The highest BCUT2D eigenvalue weighted by Gasteiger charge is 2.51. The summed E-state index contributed by atoms with van der Waals surface area (Å²) in [7, 11) is 0. The fourth-order valence-corrected chi connectivity index (χ4v) is 5.03. The maximum absolute atomic E-state index is 14.2. The van der Waals surface area contributed by atoms with Gasteiger partial charge in [-0.1, -0.05) is 78.9 Å². The Bertz CT molecular complexity index is 1500. The summed E-state index contributed by atoms with van der Waals surface area (Å²) in [6, 6.07) is 33.7. The minimum atomic E-state index is -1.39. The second-order valence-electron chi connectivity index (χ2n) is 9.33. The molecule has 0 fully saturated rings. The molecule has 0 spiro atoms. The lowest BCUT2D eigenvalue weighted by Gasteiger charge is -2.41. The maximum atomic E-state index is 14.2. The molecule has 2 heterocycles. The molecule has 2 aliphatic rings. The van der Waals surface area contributed by atoms with Gasteiger partial charge in [-0.05, 0) is 47.5 Å². The highest BCUT2D eigenvalue weighted by atomic mass is 16.7. The zero-order valence-corrected chi connectivity index (χ0v) is 20.5. The molecule has 6 heteroatoms. The van der Waals surface area contributed by atoms with Crippen LogP contribution in [0.5, 0.6) is 11.5 Å². The lowest BCUT2D eigenvalue weighted by atomic mass is 9.73. The molecule has 0 bridgehead atoms. The number of hydrogen-bond acceptors (Lipinski definition) is 5. The van der Waals surface area contributed by atoms with Gasteiger partial charge < -0.3 is 19.5 Å². The number of benzene rings is 4. The second-order valence-corrected chi connectivity index (χ2v) is 9.33. The SMILES string of the molecule is O=C(N[C@]1(Cc2ccccc2)C(=O)OC(c2ccc3c(c2)OCO3)=C[C@@H]1c1ccccc1)c1ccccc1. The molecule has 1 amide bonds. The van der Waals surface area contributed by atoms with E-state index in [1.54, 1.807) is 36.4 Å². The van der Waals surface area contributed by atoms with Crippen LogP contribution in [0.1, 0.15) is 33.0 Å². The molecule has 2 atom stereocenters. The van der Waals surface area contributed by atoms with Crippen LogP contribution in [0.2, 0.25) is 0 Å². The molecule has 4 aromatic carbocycles. The van der Waals surface area contributed by atoms with E-state index in [4.69, 9.17) is 14.2 Å². The van der Waals surface area contributed by atoms with E-state index in [9.17, 15) is 9.59 Å². The van der Waals surface area contributed by atoms with Crippen molar-refractivity contribution >= 4 is 17.6 Å². The van der Waals surface area contributed by atoms with Crippen molar-refractivity contribution in [3.05, 3.63) is 138 Å². The molecule has 0 unspecified atom stereocenters. The number of hydrogen-bond donors (Lipinski definition) is 1. The smallest absolute Gasteiger partial charge is 0.338 e. The van der Waals surface area contributed by atoms with Crippen molar-refractivity contribution in [2.75, 3.05) is 6.79 Å². The van der Waals surface area contributed by atoms with Gasteiger partial charge in [0.1, 0.15) is 5.76 Å². The average molecular weight is 504 g/mol. The predicted molar refractivity (Wildman–Crippen MR) is 143 cm³/mol. The standard InChI is InChI=1S/C32H25NO5/c34-30(24-14-8-3-9-15-24)33-32(20-22-10-4-1-5-11-22)26(23-12-6-2-7-13-23)19-28(38-31(32)35)25-16-17-27-29(18-25)37-21-36-27/h1-19,26H,20-21H2,(H,33,34)/t26-,32+/m1/s1. The van der Waals surface area contributed by atoms with E-state index in [1.165, 1.54) is 0 Å². The predicted octanol–water partition coefficient (Wildman–Crippen LogP) is 5.51. The Balaban J connectivity index is 1.49. The van der Waals surface area contributed by atoms with Crippen LogP contribution >= 0.6 is 0 Å². The summed E-state index contributed by atoms with van der Waals surface area (Å²) in [6.07, 6.45) is 2.16. The summed E-state index contributed by atoms with van der Waals surface area (Å²) in [5.74, 6) is 0.242. The van der Waals surface area contributed by atoms with Crippen molar-refractivity contribution in [2.45, 2.75) is 17.9 Å². The van der Waals surface area contributed by atoms with Crippen LogP contribution in [0.4, 0.5) is 0 Å². The van der Waals surface area contributed by atoms with Crippen molar-refractivity contribution in [3.8, 4) is 11.5 Å². The summed E-state index contributed by atoms with van der Waals surface area (Å²) in [5, 5.41) is 3.11. The van der Waals surface area contributed by atoms with E-state index in [-0.39, 0.29) is 19.1 Å². The van der Waals surface area contributed by atoms with E-state index in [0.717, 1.165) is 11.1 Å². The highest BCUT2D eigenvalue weighted by molar-refractivity contribution is 6.00. The van der Waals surface area contributed by atoms with Crippen LogP contribution in [0.25, 0.3) is 5.76 Å². The Kier molecular flexibility index (Phi) is 6.14. The Morgan fingerprint density at radius 1 is 0.816 bits per heavy atom. The molecule has 0 aliphatic carbocycles. The normalized spacial score (nSPS) is 19.8. The average Bonchev–Trinajstić information content (AvgIpc) is 3.44. The molecule has 6 nitrogen and oxygen atoms in total. The third-order valence-corrected chi connectivity index (χ3v) is 6.93. The highest BCUT2D eigenvalue weighted by Crippen LogP contribution is 2.43. The lowest BCUT2D eigenvalue weighted by molar-refractivity contribution is -0.145. The van der Waals surface area contributed by atoms with Crippen LogP contribution in [-0.2, 0) is 16.0 Å². The summed E-state index contributed by atoms with van der Waals surface area (Å²) >= 11 is 0. The molecule has 0 saturated carbocycles. The van der Waals surface area contributed by atoms with Crippen LogP contribution in [0.15, 0.2) is 115 Å². The van der Waals surface area contributed by atoms with Crippen molar-refractivity contribution in [3.63, 3.8) is 0 Å². The van der Waals surface area contributed by atoms with Gasteiger partial charge in [0.25, 0.3) is 5.91 Å². The number of carbonyl (C=O) groups is 2. The fraction of sp³-hybridized carbons (Fsp3) is 0.125. The monoisotopic (exact) mass is 503 g/mol. The number of ether oxygens (including phenoxy) is 3. The summed E-state index contributed by atoms with van der Waals surface area (Å²) in [6.45, 7) is 0.149. The van der Waals surface area contributed by atoms with Gasteiger partial charge >= 0.3 is 5.97 Å². The molecule has 188 valence electrons. The first-order valence-electron chi connectivity index (χ1n) is 12.4. The molecule has 0 radical (unpaired) electrons. The van der Waals surface area contributed by atoms with Crippen molar-refractivity contribution in [1.82, 2.24) is 5.32 Å². The molecule has 0 aromatic heterocycles. The Morgan fingerprint density at radius 2 is 1.47 bits per heavy atom. The number of esters is 1. The van der Waals surface area contributed by atoms with Gasteiger partial charge in [-0.25, -0.2) is 4.79 Å². The third-order valence-electron chi connectivity index (χ3n) is 6.93. The minimum Gasteiger partial charge on any atom is -0.454 e. The van der Waals surface area contributed by atoms with Crippen LogP contribution in [0, 0.1) is 0 Å². The van der Waals surface area contributed by atoms with Crippen LogP contribution in [-0.4, -0.2) is 24.2 Å². The molecule has 2 aliphatic heterocycles. The summed E-state index contributed by atoms with van der Waals surface area (Å²) in [5.41, 5.74) is 1.54. The number of fused-ring (bicyclic) bond motifs is 1. The zero-order valence-electron chi connectivity index (χ0n) is 20.5. The van der Waals surface area contributed by atoms with Crippen molar-refractivity contribution in [1.29, 1.82) is 0 Å². The van der Waals surface area contributed by atoms with E-state index in [2.05, 4.69) is 5.32 Å². The van der Waals surface area contributed by atoms with E-state index in [0.29, 0.717) is 28.4 Å². The first kappa shape index (κ1) is 23.6. The summed E-state index contributed by atoms with van der Waals surface area (Å²) < 4.78 is 17.0. The number of carbonyl (C=O) groups excluding carboxylic acids is 2. The molecule has 4 aromatic rings. The van der Waals surface area contributed by atoms with Gasteiger partial charge in [-0.2, -0.15) is 0 Å². The fourth-order valence-electron chi connectivity index (χ4n) is 5.03. The number of cyclic esters (lactones) is 1. The quantitative estimate of drug-likeness (QED) is 0.352.